The third kappa shape index (κ3) is 2.54. The zero-order chi connectivity index (χ0) is 13.9. The van der Waals surface area contributed by atoms with Crippen molar-refractivity contribution >= 4 is 33.0 Å². The molecule has 0 bridgehead atoms. The Morgan fingerprint density at radius 2 is 2.05 bits per heavy atom. The van der Waals surface area contributed by atoms with Crippen molar-refractivity contribution in [3.05, 3.63) is 56.5 Å². The van der Waals surface area contributed by atoms with Crippen LogP contribution in [0.15, 0.2) is 41.2 Å². The molecule has 0 atom stereocenters. The van der Waals surface area contributed by atoms with Crippen LogP contribution in [0, 0.1) is 11.8 Å². The van der Waals surface area contributed by atoms with Crippen LogP contribution < -0.4 is 5.56 Å². The van der Waals surface area contributed by atoms with Crippen molar-refractivity contribution in [2.45, 2.75) is 6.54 Å². The molecular formula is C15H11NO2S2. The van der Waals surface area contributed by atoms with E-state index in [9.17, 15) is 4.79 Å². The Morgan fingerprint density at radius 3 is 2.85 bits per heavy atom. The van der Waals surface area contributed by atoms with Gasteiger partial charge in [0.05, 0.1) is 21.5 Å². The molecule has 0 aliphatic rings. The summed E-state index contributed by atoms with van der Waals surface area (Å²) in [5.41, 5.74) is 0.0574. The van der Waals surface area contributed by atoms with Gasteiger partial charge in [0.1, 0.15) is 6.61 Å². The van der Waals surface area contributed by atoms with Gasteiger partial charge >= 0.3 is 0 Å². The second kappa shape index (κ2) is 5.63. The van der Waals surface area contributed by atoms with Gasteiger partial charge in [0, 0.05) is 4.88 Å². The summed E-state index contributed by atoms with van der Waals surface area (Å²) >= 11 is 3.03. The van der Waals surface area contributed by atoms with Crippen LogP contribution in [-0.2, 0) is 6.54 Å². The summed E-state index contributed by atoms with van der Waals surface area (Å²) in [6, 6.07) is 11.5. The van der Waals surface area contributed by atoms with Crippen LogP contribution >= 0.6 is 22.9 Å². The zero-order valence-corrected chi connectivity index (χ0v) is 12.1. The Labute approximate surface area is 123 Å². The number of aliphatic hydroxyl groups excluding tert-OH is 1. The SMILES string of the molecule is O=c1c2ccccc2sn1Cc1ccc(C#CCO)s1. The van der Waals surface area contributed by atoms with E-state index in [1.54, 1.807) is 15.3 Å². The van der Waals surface area contributed by atoms with Crippen LogP contribution in [0.5, 0.6) is 0 Å². The smallest absolute Gasteiger partial charge is 0.268 e. The highest BCUT2D eigenvalue weighted by Crippen LogP contribution is 2.20. The molecule has 0 unspecified atom stereocenters. The first kappa shape index (κ1) is 13.1. The van der Waals surface area contributed by atoms with Crippen LogP contribution in [0.2, 0.25) is 0 Å². The normalized spacial score (nSPS) is 10.4. The van der Waals surface area contributed by atoms with Crippen LogP contribution in [-0.4, -0.2) is 15.7 Å². The standard InChI is InChI=1S/C15H11NO2S2/c17-9-3-4-11-7-8-12(19-11)10-16-15(18)13-5-1-2-6-14(13)20-16/h1-2,5-8,17H,9-10H2. The molecule has 1 aromatic carbocycles. The average Bonchev–Trinajstić information content (AvgIpc) is 3.03. The summed E-state index contributed by atoms with van der Waals surface area (Å²) in [6.45, 7) is 0.437. The summed E-state index contributed by atoms with van der Waals surface area (Å²) in [4.78, 5) is 14.2. The monoisotopic (exact) mass is 301 g/mol. The number of rotatable bonds is 2. The maximum atomic E-state index is 12.2. The largest absolute Gasteiger partial charge is 0.384 e. The lowest BCUT2D eigenvalue weighted by Gasteiger charge is -1.95. The first-order valence-corrected chi connectivity index (χ1v) is 7.64. The molecule has 2 aromatic heterocycles. The van der Waals surface area contributed by atoms with E-state index in [0.29, 0.717) is 6.54 Å². The van der Waals surface area contributed by atoms with Crippen molar-refractivity contribution in [3.8, 4) is 11.8 Å². The summed E-state index contributed by atoms with van der Waals surface area (Å²) < 4.78 is 2.77. The quantitative estimate of drug-likeness (QED) is 0.739. The molecule has 5 heteroatoms. The number of nitrogens with zero attached hydrogens (tertiary/aromatic N) is 1. The summed E-state index contributed by atoms with van der Waals surface area (Å²) in [6.07, 6.45) is 0. The van der Waals surface area contributed by atoms with Crippen molar-refractivity contribution in [2.75, 3.05) is 6.61 Å². The van der Waals surface area contributed by atoms with Crippen LogP contribution in [0.1, 0.15) is 9.75 Å². The Hall–Kier alpha value is -1.87. The minimum atomic E-state index is -0.136. The lowest BCUT2D eigenvalue weighted by molar-refractivity contribution is 0.350. The van der Waals surface area contributed by atoms with E-state index in [-0.39, 0.29) is 12.2 Å². The van der Waals surface area contributed by atoms with Crippen LogP contribution in [0.4, 0.5) is 0 Å². The van der Waals surface area contributed by atoms with E-state index in [1.807, 2.05) is 36.4 Å². The molecule has 0 radical (unpaired) electrons. The van der Waals surface area contributed by atoms with E-state index in [0.717, 1.165) is 19.8 Å². The predicted octanol–water partition coefficient (Wildman–Crippen LogP) is 2.52. The van der Waals surface area contributed by atoms with Crippen LogP contribution in [0.25, 0.3) is 10.1 Å². The highest BCUT2D eigenvalue weighted by molar-refractivity contribution is 7.14. The number of aromatic nitrogens is 1. The minimum Gasteiger partial charge on any atom is -0.384 e. The van der Waals surface area contributed by atoms with Gasteiger partial charge < -0.3 is 5.11 Å². The van der Waals surface area contributed by atoms with Crippen molar-refractivity contribution in [1.29, 1.82) is 0 Å². The van der Waals surface area contributed by atoms with Gasteiger partial charge in [0.25, 0.3) is 5.56 Å². The van der Waals surface area contributed by atoms with Crippen molar-refractivity contribution in [1.82, 2.24) is 3.96 Å². The summed E-state index contributed by atoms with van der Waals surface area (Å²) in [5, 5.41) is 9.45. The van der Waals surface area contributed by atoms with Crippen LogP contribution in [0.3, 0.4) is 0 Å². The number of thiophene rings is 1. The molecule has 0 fully saturated rings. The first-order valence-electron chi connectivity index (χ1n) is 6.05. The number of fused-ring (bicyclic) bond motifs is 1. The van der Waals surface area contributed by atoms with Crippen molar-refractivity contribution in [3.63, 3.8) is 0 Å². The fourth-order valence-electron chi connectivity index (χ4n) is 1.92. The van der Waals surface area contributed by atoms with Gasteiger partial charge in [-0.3, -0.25) is 8.75 Å². The van der Waals surface area contributed by atoms with Crippen molar-refractivity contribution in [2.24, 2.45) is 0 Å². The van der Waals surface area contributed by atoms with Gasteiger partial charge in [-0.05, 0) is 24.3 Å². The van der Waals surface area contributed by atoms with Gasteiger partial charge in [-0.15, -0.1) is 11.3 Å². The average molecular weight is 301 g/mol. The molecule has 100 valence electrons. The van der Waals surface area contributed by atoms with Gasteiger partial charge in [-0.25, -0.2) is 0 Å². The number of hydrogen-bond acceptors (Lipinski definition) is 4. The molecule has 2 heterocycles. The molecule has 3 rings (SSSR count). The Kier molecular flexibility index (Phi) is 3.70. The number of hydrogen-bond donors (Lipinski definition) is 1. The molecule has 0 aliphatic heterocycles. The van der Waals surface area contributed by atoms with E-state index in [4.69, 9.17) is 5.11 Å². The van der Waals surface area contributed by atoms with E-state index in [1.165, 1.54) is 11.5 Å². The molecule has 20 heavy (non-hydrogen) atoms. The maximum absolute atomic E-state index is 12.2. The topological polar surface area (TPSA) is 42.2 Å². The lowest BCUT2D eigenvalue weighted by Crippen LogP contribution is -2.12. The maximum Gasteiger partial charge on any atom is 0.268 e. The summed E-state index contributed by atoms with van der Waals surface area (Å²) in [7, 11) is 0. The second-order valence-electron chi connectivity index (χ2n) is 4.16. The first-order chi connectivity index (χ1) is 9.78. The van der Waals surface area contributed by atoms with Crippen molar-refractivity contribution < 1.29 is 5.11 Å². The predicted molar refractivity (Wildman–Crippen MR) is 83.5 cm³/mol. The second-order valence-corrected chi connectivity index (χ2v) is 6.39. The third-order valence-corrected chi connectivity index (χ3v) is 4.86. The van der Waals surface area contributed by atoms with Gasteiger partial charge in [0.2, 0.25) is 0 Å². The molecule has 0 saturated heterocycles. The Bertz CT molecular complexity index is 861. The van der Waals surface area contributed by atoms with Gasteiger partial charge in [0.15, 0.2) is 0 Å². The number of aliphatic hydroxyl groups is 1. The molecule has 0 amide bonds. The molecule has 0 aliphatic carbocycles. The highest BCUT2D eigenvalue weighted by atomic mass is 32.1. The minimum absolute atomic E-state index is 0.0574. The van der Waals surface area contributed by atoms with E-state index in [2.05, 4.69) is 11.8 Å². The molecule has 0 spiro atoms. The molecule has 3 nitrogen and oxygen atoms in total. The zero-order valence-electron chi connectivity index (χ0n) is 10.5. The number of benzene rings is 1. The lowest BCUT2D eigenvalue weighted by atomic mass is 10.3. The fraction of sp³-hybridized carbons (Fsp3) is 0.133. The summed E-state index contributed by atoms with van der Waals surface area (Å²) in [5.74, 6) is 5.50. The molecule has 3 aromatic rings. The fourth-order valence-corrected chi connectivity index (χ4v) is 3.89. The Balaban J connectivity index is 1.91. The van der Waals surface area contributed by atoms with Gasteiger partial charge in [-0.1, -0.05) is 35.5 Å². The molecule has 1 N–H and O–H groups in total. The third-order valence-electron chi connectivity index (χ3n) is 2.80. The van der Waals surface area contributed by atoms with Gasteiger partial charge in [-0.2, -0.15) is 0 Å². The van der Waals surface area contributed by atoms with E-state index >= 15 is 0 Å². The molecule has 0 saturated carbocycles. The Morgan fingerprint density at radius 1 is 1.20 bits per heavy atom. The highest BCUT2D eigenvalue weighted by Gasteiger charge is 2.08. The molecular weight excluding hydrogens is 290 g/mol. The van der Waals surface area contributed by atoms with E-state index < -0.39 is 0 Å².